The number of amides is 2. The normalized spacial score (nSPS) is 19.9. The van der Waals surface area contributed by atoms with Gasteiger partial charge in [-0.2, -0.15) is 13.9 Å². The summed E-state index contributed by atoms with van der Waals surface area (Å²) >= 11 is 0. The number of nitrogens with one attached hydrogen (secondary N) is 1. The minimum Gasteiger partial charge on any atom is -0.320 e. The molecule has 0 saturated heterocycles. The van der Waals surface area contributed by atoms with Crippen LogP contribution in [0.5, 0.6) is 0 Å². The molecular weight excluding hydrogens is 421 g/mol. The Labute approximate surface area is 174 Å². The van der Waals surface area contributed by atoms with Crippen LogP contribution in [0.15, 0.2) is 12.3 Å². The maximum absolute atomic E-state index is 14.9. The molecule has 164 valence electrons. The molecule has 1 unspecified atom stereocenters. The van der Waals surface area contributed by atoms with Crippen molar-refractivity contribution in [3.8, 4) is 12.3 Å². The maximum atomic E-state index is 14.9. The van der Waals surface area contributed by atoms with Crippen LogP contribution in [-0.2, 0) is 25.4 Å². The fraction of sp³-hybridized carbons (Fsp3) is 0.450. The van der Waals surface area contributed by atoms with Crippen molar-refractivity contribution in [3.63, 3.8) is 0 Å². The molecular formula is C20H18F5N5O. The van der Waals surface area contributed by atoms with Gasteiger partial charge in [0, 0.05) is 37.1 Å². The number of carbonyl (C=O) groups is 1. The van der Waals surface area contributed by atoms with E-state index in [2.05, 4.69) is 21.3 Å². The number of carbonyl (C=O) groups excluding carboxylic acids is 1. The first-order valence-corrected chi connectivity index (χ1v) is 9.62. The average molecular weight is 439 g/mol. The molecule has 0 saturated carbocycles. The van der Waals surface area contributed by atoms with Crippen LogP contribution in [0.3, 0.4) is 0 Å². The number of aromatic nitrogens is 3. The maximum Gasteiger partial charge on any atom is 0.322 e. The lowest BCUT2D eigenvalue weighted by Crippen LogP contribution is -2.39. The van der Waals surface area contributed by atoms with Crippen molar-refractivity contribution < 1.29 is 26.7 Å². The molecule has 4 rings (SSSR count). The van der Waals surface area contributed by atoms with Crippen LogP contribution in [0.25, 0.3) is 0 Å². The SMILES string of the molecule is C#CC1CCC(F)(F)c2c3c(nn2C1)CCN(C(=O)Nc1ccnc(C(F)F)c1F)C3. The molecule has 11 heteroatoms. The van der Waals surface area contributed by atoms with E-state index in [1.54, 1.807) is 0 Å². The zero-order valence-electron chi connectivity index (χ0n) is 16.2. The minimum atomic E-state index is -3.16. The van der Waals surface area contributed by atoms with Crippen molar-refractivity contribution in [2.75, 3.05) is 11.9 Å². The third-order valence-corrected chi connectivity index (χ3v) is 5.54. The second-order valence-corrected chi connectivity index (χ2v) is 7.52. The van der Waals surface area contributed by atoms with Crippen LogP contribution in [-0.4, -0.2) is 32.2 Å². The number of fused-ring (bicyclic) bond motifs is 3. The zero-order chi connectivity index (χ0) is 22.3. The fourth-order valence-corrected chi connectivity index (χ4v) is 3.95. The van der Waals surface area contributed by atoms with Crippen LogP contribution in [0.1, 0.15) is 41.9 Å². The molecule has 31 heavy (non-hydrogen) atoms. The Kier molecular flexibility index (Phi) is 5.33. The minimum absolute atomic E-state index is 0.147. The van der Waals surface area contributed by atoms with Crippen molar-refractivity contribution in [1.82, 2.24) is 19.7 Å². The first-order chi connectivity index (χ1) is 14.7. The second-order valence-electron chi connectivity index (χ2n) is 7.52. The molecule has 0 aliphatic carbocycles. The molecule has 0 spiro atoms. The lowest BCUT2D eigenvalue weighted by molar-refractivity contribution is -0.0211. The summed E-state index contributed by atoms with van der Waals surface area (Å²) in [5, 5.41) is 6.52. The summed E-state index contributed by atoms with van der Waals surface area (Å²) in [6, 6.07) is 0.253. The van der Waals surface area contributed by atoms with E-state index >= 15 is 0 Å². The summed E-state index contributed by atoms with van der Waals surface area (Å²) in [4.78, 5) is 17.1. The van der Waals surface area contributed by atoms with Crippen LogP contribution >= 0.6 is 0 Å². The highest BCUT2D eigenvalue weighted by Gasteiger charge is 2.43. The summed E-state index contributed by atoms with van der Waals surface area (Å²) in [6.07, 6.45) is 3.19. The third-order valence-electron chi connectivity index (χ3n) is 5.54. The van der Waals surface area contributed by atoms with Crippen molar-refractivity contribution >= 4 is 11.7 Å². The molecule has 0 radical (unpaired) electrons. The van der Waals surface area contributed by atoms with Crippen molar-refractivity contribution in [1.29, 1.82) is 0 Å². The van der Waals surface area contributed by atoms with E-state index in [4.69, 9.17) is 6.42 Å². The topological polar surface area (TPSA) is 63.1 Å². The predicted octanol–water partition coefficient (Wildman–Crippen LogP) is 4.08. The zero-order valence-corrected chi connectivity index (χ0v) is 16.2. The van der Waals surface area contributed by atoms with Gasteiger partial charge >= 0.3 is 6.03 Å². The first-order valence-electron chi connectivity index (χ1n) is 9.62. The molecule has 2 aliphatic heterocycles. The Morgan fingerprint density at radius 3 is 2.87 bits per heavy atom. The summed E-state index contributed by atoms with van der Waals surface area (Å²) in [5.41, 5.74) is -1.09. The number of anilines is 1. The van der Waals surface area contributed by atoms with E-state index < -0.39 is 42.0 Å². The molecule has 2 aromatic rings. The highest BCUT2D eigenvalue weighted by atomic mass is 19.3. The molecule has 1 N–H and O–H groups in total. The van der Waals surface area contributed by atoms with Gasteiger partial charge in [0.25, 0.3) is 12.3 Å². The standard InChI is InChI=1S/C20H18F5N5O/c1-2-11-3-6-20(24,25)17-12-10-29(8-5-13(12)28-30(17)9-11)19(31)27-14-4-7-26-16(15(14)21)18(22)23/h1,4,7,11,18H,3,5-6,8-10H2,(H,26,27,31). The van der Waals surface area contributed by atoms with Crippen LogP contribution in [0.4, 0.5) is 32.4 Å². The molecule has 2 aromatic heterocycles. The van der Waals surface area contributed by atoms with Gasteiger partial charge in [-0.1, -0.05) is 0 Å². The highest BCUT2D eigenvalue weighted by molar-refractivity contribution is 5.89. The van der Waals surface area contributed by atoms with Crippen LogP contribution in [0.2, 0.25) is 0 Å². The number of alkyl halides is 4. The number of urea groups is 1. The Hall–Kier alpha value is -3.16. The Morgan fingerprint density at radius 1 is 1.39 bits per heavy atom. The second kappa shape index (κ2) is 7.83. The summed E-state index contributed by atoms with van der Waals surface area (Å²) in [7, 11) is 0. The number of rotatable bonds is 2. The molecule has 0 aromatic carbocycles. The van der Waals surface area contributed by atoms with Gasteiger partial charge in [-0.25, -0.2) is 18.0 Å². The van der Waals surface area contributed by atoms with Crippen LogP contribution < -0.4 is 5.32 Å². The number of hydrogen-bond acceptors (Lipinski definition) is 3. The van der Waals surface area contributed by atoms with Gasteiger partial charge in [-0.3, -0.25) is 9.67 Å². The van der Waals surface area contributed by atoms with E-state index in [1.807, 2.05) is 0 Å². The van der Waals surface area contributed by atoms with Gasteiger partial charge < -0.3 is 10.2 Å². The van der Waals surface area contributed by atoms with Crippen molar-refractivity contribution in [2.45, 2.75) is 44.7 Å². The highest BCUT2D eigenvalue weighted by Crippen LogP contribution is 2.41. The van der Waals surface area contributed by atoms with E-state index in [0.29, 0.717) is 5.69 Å². The largest absolute Gasteiger partial charge is 0.322 e. The molecule has 6 nitrogen and oxygen atoms in total. The molecule has 0 fully saturated rings. The predicted molar refractivity (Wildman–Crippen MR) is 100.0 cm³/mol. The van der Waals surface area contributed by atoms with Gasteiger partial charge in [0.1, 0.15) is 11.4 Å². The monoisotopic (exact) mass is 439 g/mol. The molecule has 2 aliphatic rings. The first kappa shape index (κ1) is 21.1. The molecule has 2 amide bonds. The number of halogens is 5. The lowest BCUT2D eigenvalue weighted by Gasteiger charge is -2.28. The summed E-state index contributed by atoms with van der Waals surface area (Å²) in [6.45, 7) is 0.147. The number of pyridine rings is 1. The molecule has 1 atom stereocenters. The van der Waals surface area contributed by atoms with Gasteiger partial charge in [0.05, 0.1) is 24.5 Å². The average Bonchev–Trinajstić information content (AvgIpc) is 3.04. The van der Waals surface area contributed by atoms with E-state index in [1.165, 1.54) is 9.58 Å². The number of nitrogens with zero attached hydrogens (tertiary/aromatic N) is 4. The van der Waals surface area contributed by atoms with Gasteiger partial charge in [-0.15, -0.1) is 12.3 Å². The third kappa shape index (κ3) is 3.82. The summed E-state index contributed by atoms with van der Waals surface area (Å²) in [5.74, 6) is -2.35. The van der Waals surface area contributed by atoms with Gasteiger partial charge in [0.15, 0.2) is 5.82 Å². The van der Waals surface area contributed by atoms with E-state index in [-0.39, 0.29) is 49.7 Å². The van der Waals surface area contributed by atoms with E-state index in [9.17, 15) is 26.7 Å². The van der Waals surface area contributed by atoms with Crippen molar-refractivity contribution in [3.05, 3.63) is 40.7 Å². The van der Waals surface area contributed by atoms with Gasteiger partial charge in [0.2, 0.25) is 0 Å². The lowest BCUT2D eigenvalue weighted by atomic mass is 9.98. The van der Waals surface area contributed by atoms with Crippen LogP contribution in [0, 0.1) is 24.1 Å². The Bertz CT molecular complexity index is 1060. The summed E-state index contributed by atoms with van der Waals surface area (Å²) < 4.78 is 70.8. The number of hydrogen-bond donors (Lipinski definition) is 1. The fourth-order valence-electron chi connectivity index (χ4n) is 3.95. The quantitative estimate of drug-likeness (QED) is 0.567. The molecule has 4 heterocycles. The number of terminal acetylenes is 1. The Morgan fingerprint density at radius 2 is 2.16 bits per heavy atom. The van der Waals surface area contributed by atoms with E-state index in [0.717, 1.165) is 12.3 Å². The smallest absolute Gasteiger partial charge is 0.320 e. The Balaban J connectivity index is 1.59. The molecule has 0 bridgehead atoms. The van der Waals surface area contributed by atoms with Crippen molar-refractivity contribution in [2.24, 2.45) is 5.92 Å². The van der Waals surface area contributed by atoms with Gasteiger partial charge in [-0.05, 0) is 12.5 Å².